The van der Waals surface area contributed by atoms with Crippen LogP contribution in [0.1, 0.15) is 20.8 Å². The van der Waals surface area contributed by atoms with Gasteiger partial charge in [-0.05, 0) is 146 Å². The quantitative estimate of drug-likeness (QED) is 0.0392. The number of hydrogen-bond donors (Lipinski definition) is 0. The summed E-state index contributed by atoms with van der Waals surface area (Å²) in [4.78, 5) is 43.9. The number of carbonyl (C=O) groups excluding carboxylic acids is 3. The fourth-order valence-corrected chi connectivity index (χ4v) is 9.46. The number of rotatable bonds is 12. The maximum absolute atomic E-state index is 11.3. The van der Waals surface area contributed by atoms with Crippen LogP contribution < -0.4 is 14.2 Å². The van der Waals surface area contributed by atoms with Gasteiger partial charge in [0.2, 0.25) is 0 Å². The summed E-state index contributed by atoms with van der Waals surface area (Å²) in [6.07, 6.45) is 0. The molecule has 59 heavy (non-hydrogen) atoms. The molecule has 17 heteroatoms. The van der Waals surface area contributed by atoms with Gasteiger partial charge in [-0.3, -0.25) is 14.4 Å². The first kappa shape index (κ1) is 45.2. The average Bonchev–Trinajstić information content (AvgIpc) is 3.14. The zero-order chi connectivity index (χ0) is 42.9. The van der Waals surface area contributed by atoms with E-state index in [4.69, 9.17) is 14.2 Å². The molecule has 308 valence electrons. The summed E-state index contributed by atoms with van der Waals surface area (Å²) in [7, 11) is -11.0. The molecule has 0 saturated heterocycles. The Kier molecular flexibility index (Phi) is 14.3. The van der Waals surface area contributed by atoms with Crippen LogP contribution in [0.2, 0.25) is 0 Å². The first-order valence-electron chi connectivity index (χ1n) is 17.1. The van der Waals surface area contributed by atoms with Crippen molar-refractivity contribution in [1.82, 2.24) is 0 Å². The van der Waals surface area contributed by atoms with E-state index in [9.17, 15) is 39.6 Å². The van der Waals surface area contributed by atoms with Crippen LogP contribution in [-0.2, 0) is 25.3 Å². The predicted molar refractivity (Wildman–Crippen MR) is 221 cm³/mol. The number of halogens is 6. The van der Waals surface area contributed by atoms with Gasteiger partial charge in [0.25, 0.3) is 0 Å². The molecule has 0 N–H and O–H groups in total. The molecule has 0 aromatic heterocycles. The minimum atomic E-state index is -10.7. The molecular weight excluding hydrogens is 874 g/mol. The number of esters is 3. The van der Waals surface area contributed by atoms with Crippen LogP contribution in [0.15, 0.2) is 190 Å². The van der Waals surface area contributed by atoms with Gasteiger partial charge in [0, 0.05) is 50.1 Å². The van der Waals surface area contributed by atoms with E-state index >= 15 is 0 Å². The molecule has 0 aliphatic rings. The van der Waals surface area contributed by atoms with E-state index in [1.807, 2.05) is 36.4 Å². The number of ether oxygens (including phenoxy) is 3. The van der Waals surface area contributed by atoms with Gasteiger partial charge < -0.3 is 14.2 Å². The molecule has 0 fully saturated rings. The third-order valence-corrected chi connectivity index (χ3v) is 12.4. The Morgan fingerprint density at radius 3 is 0.712 bits per heavy atom. The Bertz CT molecular complexity index is 2120. The number of carbonyl (C=O) groups is 3. The van der Waals surface area contributed by atoms with Crippen molar-refractivity contribution >= 4 is 71.9 Å². The topological polar surface area (TPSA) is 78.9 Å². The molecule has 0 spiro atoms. The molecule has 6 aromatic carbocycles. The van der Waals surface area contributed by atoms with Crippen LogP contribution >= 0.6 is 43.1 Å². The normalized spacial score (nSPS) is 12.3. The van der Waals surface area contributed by atoms with E-state index in [1.54, 1.807) is 71.7 Å². The molecule has 0 heterocycles. The second-order valence-electron chi connectivity index (χ2n) is 12.2. The predicted octanol–water partition coefficient (Wildman–Crippen LogP) is 14.4. The SMILES string of the molecule is CC(=O)Oc1ccc(Sc2ccc([S+](c3ccc(Sc4ccc(OC(C)=O)cc4)cc3)c3ccc(Sc4ccc(OC(C)=O)cc4)cc3)cc2)cc1.F[P-](F)(F)(F)(F)F. The van der Waals surface area contributed by atoms with E-state index in [-0.39, 0.29) is 28.8 Å². The van der Waals surface area contributed by atoms with Crippen molar-refractivity contribution in [3.05, 3.63) is 146 Å². The van der Waals surface area contributed by atoms with Gasteiger partial charge in [0.15, 0.2) is 14.7 Å². The molecule has 0 radical (unpaired) electrons. The van der Waals surface area contributed by atoms with Gasteiger partial charge in [0.05, 0.1) is 10.9 Å². The van der Waals surface area contributed by atoms with Gasteiger partial charge in [0.1, 0.15) is 17.2 Å². The van der Waals surface area contributed by atoms with Crippen molar-refractivity contribution in [3.8, 4) is 17.2 Å². The monoisotopic (exact) mass is 906 g/mol. The van der Waals surface area contributed by atoms with Crippen LogP contribution in [0, 0.1) is 0 Å². The second-order valence-corrected chi connectivity index (χ2v) is 19.6. The van der Waals surface area contributed by atoms with Gasteiger partial charge in [-0.25, -0.2) is 0 Å². The van der Waals surface area contributed by atoms with Crippen LogP contribution in [0.3, 0.4) is 0 Å². The molecule has 0 aliphatic heterocycles. The number of benzene rings is 6. The van der Waals surface area contributed by atoms with Crippen LogP contribution in [0.4, 0.5) is 25.2 Å². The molecule has 0 atom stereocenters. The van der Waals surface area contributed by atoms with Crippen LogP contribution in [0.5, 0.6) is 17.2 Å². The molecule has 6 aromatic rings. The summed E-state index contributed by atoms with van der Waals surface area (Å²) in [5.74, 6) is 0.562. The standard InChI is InChI=1S/C42H33O6S4.F6P/c1-28(43)46-31-4-10-34(11-5-31)49-37-16-22-40(23-17-37)52(41-24-18-38(19-25-41)50-35-12-6-32(7-13-35)47-29(2)44)42-26-20-39(21-27-42)51-36-14-8-33(9-15-36)48-30(3)45;1-7(2,3,4,5)6/h4-27H,1-3H3;/q+1;-1. The first-order chi connectivity index (χ1) is 27.6. The third kappa shape index (κ3) is 16.7. The molecule has 6 nitrogen and oxygen atoms in total. The summed E-state index contributed by atoms with van der Waals surface area (Å²) < 4.78 is 74.7. The van der Waals surface area contributed by atoms with Gasteiger partial charge in [-0.1, -0.05) is 35.3 Å². The van der Waals surface area contributed by atoms with Crippen molar-refractivity contribution in [3.63, 3.8) is 0 Å². The van der Waals surface area contributed by atoms with Crippen molar-refractivity contribution in [2.24, 2.45) is 0 Å². The zero-order valence-electron chi connectivity index (χ0n) is 31.2. The Morgan fingerprint density at radius 1 is 0.373 bits per heavy atom. The zero-order valence-corrected chi connectivity index (χ0v) is 35.3. The van der Waals surface area contributed by atoms with Crippen molar-refractivity contribution in [2.45, 2.75) is 64.8 Å². The molecule has 0 amide bonds. The van der Waals surface area contributed by atoms with E-state index < -0.39 is 7.81 Å². The van der Waals surface area contributed by atoms with Crippen LogP contribution in [-0.4, -0.2) is 17.9 Å². The molecule has 0 unspecified atom stereocenters. The van der Waals surface area contributed by atoms with E-state index in [0.29, 0.717) is 17.2 Å². The molecular formula is C42H33F6O6PS4. The molecule has 0 aliphatic carbocycles. The summed E-state index contributed by atoms with van der Waals surface area (Å²) in [6, 6.07) is 48.5. The number of hydrogen-bond acceptors (Lipinski definition) is 9. The van der Waals surface area contributed by atoms with Crippen molar-refractivity contribution in [1.29, 1.82) is 0 Å². The van der Waals surface area contributed by atoms with E-state index in [1.165, 1.54) is 35.5 Å². The molecule has 0 saturated carbocycles. The fourth-order valence-electron chi connectivity index (χ4n) is 4.97. The summed E-state index contributed by atoms with van der Waals surface area (Å²) in [6.45, 7) is 4.18. The molecule has 0 bridgehead atoms. The Hall–Kier alpha value is -4.86. The maximum atomic E-state index is 11.3. The summed E-state index contributed by atoms with van der Waals surface area (Å²) >= 11 is 4.94. The van der Waals surface area contributed by atoms with E-state index in [0.717, 1.165) is 29.4 Å². The third-order valence-electron chi connectivity index (χ3n) is 7.14. The Labute approximate surface area is 351 Å². The Balaban J connectivity index is 0.000000867. The van der Waals surface area contributed by atoms with Gasteiger partial charge in [-0.2, -0.15) is 0 Å². The van der Waals surface area contributed by atoms with E-state index in [2.05, 4.69) is 72.8 Å². The summed E-state index contributed by atoms with van der Waals surface area (Å²) in [5, 5.41) is 0. The molecule has 6 rings (SSSR count). The minimum absolute atomic E-state index is 0.340. The second kappa shape index (κ2) is 18.6. The van der Waals surface area contributed by atoms with Crippen molar-refractivity contribution < 1.29 is 53.8 Å². The summed E-state index contributed by atoms with van der Waals surface area (Å²) in [5.41, 5.74) is 0. The average molecular weight is 907 g/mol. The van der Waals surface area contributed by atoms with Crippen molar-refractivity contribution in [2.75, 3.05) is 0 Å². The van der Waals surface area contributed by atoms with Gasteiger partial charge in [-0.15, -0.1) is 0 Å². The van der Waals surface area contributed by atoms with Gasteiger partial charge >= 0.3 is 50.9 Å². The Morgan fingerprint density at radius 2 is 0.542 bits per heavy atom. The van der Waals surface area contributed by atoms with Crippen LogP contribution in [0.25, 0.3) is 0 Å². The first-order valence-corrected chi connectivity index (χ1v) is 22.8. The fraction of sp³-hybridized carbons (Fsp3) is 0.0714.